The molecule has 3 heteroatoms. The summed E-state index contributed by atoms with van der Waals surface area (Å²) in [5.41, 5.74) is 2.52. The second-order valence-corrected chi connectivity index (χ2v) is 5.08. The maximum absolute atomic E-state index is 4.49. The van der Waals surface area contributed by atoms with Gasteiger partial charge in [0.25, 0.3) is 0 Å². The molecule has 1 fully saturated rings. The van der Waals surface area contributed by atoms with E-state index in [4.69, 9.17) is 0 Å². The smallest absolute Gasteiger partial charge is 0.0596 e. The zero-order chi connectivity index (χ0) is 11.5. The van der Waals surface area contributed by atoms with Gasteiger partial charge >= 0.3 is 0 Å². The Kier molecular flexibility index (Phi) is 3.64. The van der Waals surface area contributed by atoms with Crippen LogP contribution in [0.4, 0.5) is 0 Å². The van der Waals surface area contributed by atoms with E-state index in [0.29, 0.717) is 5.92 Å². The quantitative estimate of drug-likeness (QED) is 0.797. The van der Waals surface area contributed by atoms with Crippen LogP contribution >= 0.6 is 0 Å². The molecule has 0 radical (unpaired) electrons. The highest BCUT2D eigenvalue weighted by molar-refractivity contribution is 5.09. The predicted octanol–water partition coefficient (Wildman–Crippen LogP) is 2.14. The van der Waals surface area contributed by atoms with Gasteiger partial charge in [0.15, 0.2) is 0 Å². The summed E-state index contributed by atoms with van der Waals surface area (Å²) in [6.45, 7) is 8.66. The SMILES string of the molecule is CCn1nc(C)cc1CC(C)CNC1CC1. The molecule has 0 aliphatic heterocycles. The van der Waals surface area contributed by atoms with Crippen molar-refractivity contribution < 1.29 is 0 Å². The Morgan fingerprint density at radius 1 is 1.56 bits per heavy atom. The van der Waals surface area contributed by atoms with Crippen LogP contribution < -0.4 is 5.32 Å². The summed E-state index contributed by atoms with van der Waals surface area (Å²) in [5, 5.41) is 8.08. The van der Waals surface area contributed by atoms with Gasteiger partial charge in [-0.05, 0) is 51.6 Å². The first-order chi connectivity index (χ1) is 7.69. The van der Waals surface area contributed by atoms with Gasteiger partial charge in [-0.25, -0.2) is 0 Å². The third kappa shape index (κ3) is 3.08. The monoisotopic (exact) mass is 221 g/mol. The highest BCUT2D eigenvalue weighted by Crippen LogP contribution is 2.19. The molecule has 1 atom stereocenters. The van der Waals surface area contributed by atoms with E-state index in [1.54, 1.807) is 0 Å². The van der Waals surface area contributed by atoms with E-state index < -0.39 is 0 Å². The Hall–Kier alpha value is -0.830. The van der Waals surface area contributed by atoms with Crippen molar-refractivity contribution in [1.82, 2.24) is 15.1 Å². The molecular weight excluding hydrogens is 198 g/mol. The van der Waals surface area contributed by atoms with Gasteiger partial charge in [-0.3, -0.25) is 4.68 Å². The normalized spacial score (nSPS) is 17.7. The number of aromatic nitrogens is 2. The highest BCUT2D eigenvalue weighted by Gasteiger charge is 2.21. The lowest BCUT2D eigenvalue weighted by Crippen LogP contribution is -2.24. The number of hydrogen-bond acceptors (Lipinski definition) is 2. The Labute approximate surface area is 98.2 Å². The minimum absolute atomic E-state index is 0.696. The minimum Gasteiger partial charge on any atom is -0.314 e. The van der Waals surface area contributed by atoms with Gasteiger partial charge in [0.1, 0.15) is 0 Å². The first-order valence-corrected chi connectivity index (χ1v) is 6.45. The van der Waals surface area contributed by atoms with E-state index in [1.165, 1.54) is 18.5 Å². The molecule has 90 valence electrons. The van der Waals surface area contributed by atoms with Gasteiger partial charge in [-0.15, -0.1) is 0 Å². The van der Waals surface area contributed by atoms with Crippen LogP contribution in [0.3, 0.4) is 0 Å². The van der Waals surface area contributed by atoms with Gasteiger partial charge in [0.2, 0.25) is 0 Å². The second-order valence-electron chi connectivity index (χ2n) is 5.08. The zero-order valence-electron chi connectivity index (χ0n) is 10.7. The zero-order valence-corrected chi connectivity index (χ0v) is 10.7. The van der Waals surface area contributed by atoms with Gasteiger partial charge in [-0.2, -0.15) is 5.10 Å². The van der Waals surface area contributed by atoms with E-state index in [0.717, 1.165) is 31.2 Å². The molecule has 1 aliphatic carbocycles. The highest BCUT2D eigenvalue weighted by atomic mass is 15.3. The van der Waals surface area contributed by atoms with E-state index in [-0.39, 0.29) is 0 Å². The average molecular weight is 221 g/mol. The Balaban J connectivity index is 1.85. The largest absolute Gasteiger partial charge is 0.314 e. The summed E-state index contributed by atoms with van der Waals surface area (Å²) in [5.74, 6) is 0.696. The molecule has 0 aromatic carbocycles. The number of aryl methyl sites for hydroxylation is 2. The van der Waals surface area contributed by atoms with E-state index in [9.17, 15) is 0 Å². The van der Waals surface area contributed by atoms with Crippen molar-refractivity contribution in [1.29, 1.82) is 0 Å². The van der Waals surface area contributed by atoms with E-state index >= 15 is 0 Å². The summed E-state index contributed by atoms with van der Waals surface area (Å²) in [4.78, 5) is 0. The predicted molar refractivity (Wildman–Crippen MR) is 66.5 cm³/mol. The molecule has 3 nitrogen and oxygen atoms in total. The van der Waals surface area contributed by atoms with Gasteiger partial charge in [0.05, 0.1) is 5.69 Å². The van der Waals surface area contributed by atoms with Crippen molar-refractivity contribution in [3.05, 3.63) is 17.5 Å². The fourth-order valence-electron chi connectivity index (χ4n) is 2.12. The molecule has 16 heavy (non-hydrogen) atoms. The lowest BCUT2D eigenvalue weighted by atomic mass is 10.1. The minimum atomic E-state index is 0.696. The summed E-state index contributed by atoms with van der Waals surface area (Å²) in [6.07, 6.45) is 3.88. The molecule has 2 rings (SSSR count). The fraction of sp³-hybridized carbons (Fsp3) is 0.769. The average Bonchev–Trinajstić information content (AvgIpc) is 3.00. The molecule has 1 unspecified atom stereocenters. The maximum Gasteiger partial charge on any atom is 0.0596 e. The van der Waals surface area contributed by atoms with Crippen LogP contribution in [-0.4, -0.2) is 22.4 Å². The molecular formula is C13H23N3. The van der Waals surface area contributed by atoms with Crippen molar-refractivity contribution in [2.75, 3.05) is 6.54 Å². The van der Waals surface area contributed by atoms with E-state index in [2.05, 4.69) is 41.9 Å². The number of nitrogens with one attached hydrogen (secondary N) is 1. The molecule has 0 amide bonds. The topological polar surface area (TPSA) is 29.9 Å². The molecule has 0 bridgehead atoms. The summed E-state index contributed by atoms with van der Waals surface area (Å²) in [6, 6.07) is 3.04. The van der Waals surface area contributed by atoms with Crippen molar-refractivity contribution in [3.8, 4) is 0 Å². The Bertz CT molecular complexity index is 339. The van der Waals surface area contributed by atoms with Gasteiger partial charge < -0.3 is 5.32 Å². The van der Waals surface area contributed by atoms with Crippen molar-refractivity contribution >= 4 is 0 Å². The lowest BCUT2D eigenvalue weighted by Gasteiger charge is -2.12. The third-order valence-corrected chi connectivity index (χ3v) is 3.17. The van der Waals surface area contributed by atoms with Crippen LogP contribution in [0.15, 0.2) is 6.07 Å². The molecule has 1 aromatic heterocycles. The van der Waals surface area contributed by atoms with Crippen molar-refractivity contribution in [2.24, 2.45) is 5.92 Å². The van der Waals surface area contributed by atoms with Crippen LogP contribution in [0, 0.1) is 12.8 Å². The van der Waals surface area contributed by atoms with Gasteiger partial charge in [-0.1, -0.05) is 6.92 Å². The van der Waals surface area contributed by atoms with Crippen LogP contribution in [0.2, 0.25) is 0 Å². The summed E-state index contributed by atoms with van der Waals surface area (Å²) >= 11 is 0. The summed E-state index contributed by atoms with van der Waals surface area (Å²) < 4.78 is 2.13. The van der Waals surface area contributed by atoms with Gasteiger partial charge in [0, 0.05) is 18.3 Å². The summed E-state index contributed by atoms with van der Waals surface area (Å²) in [7, 11) is 0. The van der Waals surface area contributed by atoms with E-state index in [1.807, 2.05) is 0 Å². The molecule has 1 aromatic rings. The second kappa shape index (κ2) is 5.00. The molecule has 0 spiro atoms. The molecule has 1 N–H and O–H groups in total. The Morgan fingerprint density at radius 3 is 2.94 bits per heavy atom. The fourth-order valence-corrected chi connectivity index (χ4v) is 2.12. The van der Waals surface area contributed by atoms with Crippen LogP contribution in [-0.2, 0) is 13.0 Å². The molecule has 1 saturated carbocycles. The van der Waals surface area contributed by atoms with Crippen molar-refractivity contribution in [2.45, 2.75) is 52.6 Å². The number of rotatable bonds is 6. The third-order valence-electron chi connectivity index (χ3n) is 3.17. The first kappa shape index (κ1) is 11.6. The maximum atomic E-state index is 4.49. The van der Waals surface area contributed by atoms with Crippen LogP contribution in [0.25, 0.3) is 0 Å². The molecule has 1 heterocycles. The number of nitrogens with zero attached hydrogens (tertiary/aromatic N) is 2. The molecule has 1 aliphatic rings. The van der Waals surface area contributed by atoms with Crippen LogP contribution in [0.1, 0.15) is 38.1 Å². The first-order valence-electron chi connectivity index (χ1n) is 6.45. The number of hydrogen-bond donors (Lipinski definition) is 1. The standard InChI is InChI=1S/C13H23N3/c1-4-16-13(8-11(3)15-16)7-10(2)9-14-12-5-6-12/h8,10,12,14H,4-7,9H2,1-3H3. The Morgan fingerprint density at radius 2 is 2.31 bits per heavy atom. The molecule has 0 saturated heterocycles. The lowest BCUT2D eigenvalue weighted by molar-refractivity contribution is 0.485. The van der Waals surface area contributed by atoms with Crippen LogP contribution in [0.5, 0.6) is 0 Å². The van der Waals surface area contributed by atoms with Crippen molar-refractivity contribution in [3.63, 3.8) is 0 Å².